The van der Waals surface area contributed by atoms with E-state index in [1.165, 1.54) is 12.1 Å². The molecule has 0 saturated heterocycles. The van der Waals surface area contributed by atoms with Crippen molar-refractivity contribution in [2.45, 2.75) is 6.92 Å². The number of aromatic nitrogens is 2. The van der Waals surface area contributed by atoms with E-state index in [1.54, 1.807) is 19.1 Å². The van der Waals surface area contributed by atoms with Crippen LogP contribution in [0.1, 0.15) is 16.2 Å². The summed E-state index contributed by atoms with van der Waals surface area (Å²) in [5.74, 6) is -0.777. The molecule has 0 bridgehead atoms. The minimum absolute atomic E-state index is 0.0595. The Morgan fingerprint density at radius 2 is 1.95 bits per heavy atom. The summed E-state index contributed by atoms with van der Waals surface area (Å²) in [6.45, 7) is 1.65. The smallest absolute Gasteiger partial charge is 0.354 e. The van der Waals surface area contributed by atoms with Gasteiger partial charge in [0.05, 0.1) is 10.0 Å². The van der Waals surface area contributed by atoms with Gasteiger partial charge in [-0.25, -0.2) is 9.78 Å². The first-order chi connectivity index (χ1) is 8.95. The van der Waals surface area contributed by atoms with E-state index >= 15 is 0 Å². The predicted octanol–water partition coefficient (Wildman–Crippen LogP) is 3.58. The van der Waals surface area contributed by atoms with Crippen LogP contribution in [0.15, 0.2) is 24.3 Å². The van der Waals surface area contributed by atoms with Gasteiger partial charge in [-0.15, -0.1) is 0 Å². The Bertz CT molecular complexity index is 647. The summed E-state index contributed by atoms with van der Waals surface area (Å²) in [4.78, 5) is 18.6. The van der Waals surface area contributed by atoms with Crippen molar-refractivity contribution in [1.29, 1.82) is 0 Å². The number of rotatable bonds is 3. The molecule has 5 nitrogen and oxygen atoms in total. The molecule has 1 heterocycles. The lowest BCUT2D eigenvalue weighted by Crippen LogP contribution is -2.04. The zero-order chi connectivity index (χ0) is 14.0. The Kier molecular flexibility index (Phi) is 3.87. The van der Waals surface area contributed by atoms with Crippen LogP contribution in [0.25, 0.3) is 0 Å². The lowest BCUT2D eigenvalue weighted by Gasteiger charge is -2.06. The molecule has 1 aromatic heterocycles. The van der Waals surface area contributed by atoms with Gasteiger partial charge in [0.15, 0.2) is 5.69 Å². The summed E-state index contributed by atoms with van der Waals surface area (Å²) >= 11 is 11.6. The van der Waals surface area contributed by atoms with Crippen molar-refractivity contribution in [1.82, 2.24) is 9.97 Å². The average molecular weight is 299 g/mol. The maximum atomic E-state index is 10.9. The molecule has 19 heavy (non-hydrogen) atoms. The standard InChI is InChI=1S/C12H8Cl2N2O3/c1-6-4-10(11(17)18)16-12(15-6)19-7-2-3-8(13)9(14)5-7/h2-5H,1H3,(H,17,18). The molecule has 0 aliphatic carbocycles. The number of aromatic carboxylic acids is 1. The molecule has 98 valence electrons. The first-order valence-electron chi connectivity index (χ1n) is 5.17. The number of benzene rings is 1. The molecule has 0 fully saturated rings. The SMILES string of the molecule is Cc1cc(C(=O)O)nc(Oc2ccc(Cl)c(Cl)c2)n1. The highest BCUT2D eigenvalue weighted by Gasteiger charge is 2.10. The zero-order valence-electron chi connectivity index (χ0n) is 9.72. The monoisotopic (exact) mass is 298 g/mol. The predicted molar refractivity (Wildman–Crippen MR) is 70.3 cm³/mol. The van der Waals surface area contributed by atoms with E-state index in [0.29, 0.717) is 21.5 Å². The molecule has 2 aromatic rings. The zero-order valence-corrected chi connectivity index (χ0v) is 11.2. The highest BCUT2D eigenvalue weighted by molar-refractivity contribution is 6.42. The maximum absolute atomic E-state index is 10.9. The second kappa shape index (κ2) is 5.42. The number of ether oxygens (including phenoxy) is 1. The second-order valence-corrected chi connectivity index (χ2v) is 4.47. The summed E-state index contributed by atoms with van der Waals surface area (Å²) in [5.41, 5.74) is 0.352. The second-order valence-electron chi connectivity index (χ2n) is 3.66. The summed E-state index contributed by atoms with van der Waals surface area (Å²) in [7, 11) is 0. The van der Waals surface area contributed by atoms with Crippen LogP contribution in [0.2, 0.25) is 10.0 Å². The van der Waals surface area contributed by atoms with Gasteiger partial charge in [0.25, 0.3) is 0 Å². The van der Waals surface area contributed by atoms with E-state index in [-0.39, 0.29) is 11.7 Å². The number of carbonyl (C=O) groups is 1. The fourth-order valence-corrected chi connectivity index (χ4v) is 1.63. The molecule has 0 aliphatic rings. The van der Waals surface area contributed by atoms with Crippen molar-refractivity contribution in [3.8, 4) is 11.8 Å². The summed E-state index contributed by atoms with van der Waals surface area (Å²) in [6, 6.07) is 5.93. The normalized spacial score (nSPS) is 10.3. The minimum Gasteiger partial charge on any atom is -0.477 e. The summed E-state index contributed by atoms with van der Waals surface area (Å²) in [5, 5.41) is 9.61. The molecule has 7 heteroatoms. The molecule has 0 amide bonds. The minimum atomic E-state index is -1.15. The number of carboxylic acid groups (broad SMARTS) is 1. The van der Waals surface area contributed by atoms with Gasteiger partial charge in [0.2, 0.25) is 0 Å². The number of aryl methyl sites for hydroxylation is 1. The number of hydrogen-bond donors (Lipinski definition) is 1. The molecule has 0 saturated carbocycles. The van der Waals surface area contributed by atoms with Gasteiger partial charge >= 0.3 is 12.0 Å². The van der Waals surface area contributed by atoms with Crippen LogP contribution in [-0.2, 0) is 0 Å². The van der Waals surface area contributed by atoms with E-state index in [1.807, 2.05) is 0 Å². The maximum Gasteiger partial charge on any atom is 0.354 e. The topological polar surface area (TPSA) is 72.3 Å². The van der Waals surface area contributed by atoms with E-state index < -0.39 is 5.97 Å². The average Bonchev–Trinajstić information content (AvgIpc) is 2.33. The third kappa shape index (κ3) is 3.33. The fraction of sp³-hybridized carbons (Fsp3) is 0.0833. The Morgan fingerprint density at radius 1 is 1.21 bits per heavy atom. The van der Waals surface area contributed by atoms with Crippen LogP contribution in [0.3, 0.4) is 0 Å². The Labute approximate surface area is 118 Å². The molecule has 1 N–H and O–H groups in total. The van der Waals surface area contributed by atoms with Crippen molar-refractivity contribution in [2.75, 3.05) is 0 Å². The van der Waals surface area contributed by atoms with Crippen molar-refractivity contribution < 1.29 is 14.6 Å². The molecule has 0 aliphatic heterocycles. The molecule has 0 radical (unpaired) electrons. The Morgan fingerprint density at radius 3 is 2.58 bits per heavy atom. The molecule has 2 rings (SSSR count). The molecule has 0 atom stereocenters. The summed E-state index contributed by atoms with van der Waals surface area (Å²) < 4.78 is 5.36. The van der Waals surface area contributed by atoms with Crippen LogP contribution in [-0.4, -0.2) is 21.0 Å². The van der Waals surface area contributed by atoms with Crippen LogP contribution in [0.4, 0.5) is 0 Å². The van der Waals surface area contributed by atoms with Gasteiger partial charge < -0.3 is 9.84 Å². The van der Waals surface area contributed by atoms with Gasteiger partial charge in [0.1, 0.15) is 5.75 Å². The van der Waals surface area contributed by atoms with Crippen molar-refractivity contribution in [2.24, 2.45) is 0 Å². The van der Waals surface area contributed by atoms with Crippen LogP contribution >= 0.6 is 23.2 Å². The molecular formula is C12H8Cl2N2O3. The Balaban J connectivity index is 2.32. The van der Waals surface area contributed by atoms with E-state index in [0.717, 1.165) is 0 Å². The number of nitrogens with zero attached hydrogens (tertiary/aromatic N) is 2. The lowest BCUT2D eigenvalue weighted by atomic mass is 10.3. The van der Waals surface area contributed by atoms with Crippen LogP contribution in [0.5, 0.6) is 11.8 Å². The third-order valence-corrected chi connectivity index (χ3v) is 2.89. The van der Waals surface area contributed by atoms with Gasteiger partial charge in [-0.3, -0.25) is 0 Å². The fourth-order valence-electron chi connectivity index (χ4n) is 1.34. The van der Waals surface area contributed by atoms with Gasteiger partial charge in [-0.2, -0.15) is 4.98 Å². The van der Waals surface area contributed by atoms with Crippen molar-refractivity contribution >= 4 is 29.2 Å². The van der Waals surface area contributed by atoms with E-state index in [4.69, 9.17) is 33.0 Å². The van der Waals surface area contributed by atoms with Crippen molar-refractivity contribution in [3.63, 3.8) is 0 Å². The van der Waals surface area contributed by atoms with Gasteiger partial charge in [-0.05, 0) is 25.1 Å². The first kappa shape index (κ1) is 13.6. The quantitative estimate of drug-likeness (QED) is 0.937. The van der Waals surface area contributed by atoms with E-state index in [9.17, 15) is 4.79 Å². The highest BCUT2D eigenvalue weighted by atomic mass is 35.5. The third-order valence-electron chi connectivity index (χ3n) is 2.15. The van der Waals surface area contributed by atoms with Crippen LogP contribution in [0, 0.1) is 6.92 Å². The first-order valence-corrected chi connectivity index (χ1v) is 5.93. The van der Waals surface area contributed by atoms with Crippen molar-refractivity contribution in [3.05, 3.63) is 45.7 Å². The number of hydrogen-bond acceptors (Lipinski definition) is 4. The van der Waals surface area contributed by atoms with E-state index in [2.05, 4.69) is 9.97 Å². The highest BCUT2D eigenvalue weighted by Crippen LogP contribution is 2.28. The Hall–Kier alpha value is -1.85. The number of halogens is 2. The molecule has 0 spiro atoms. The number of carboxylic acids is 1. The molecule has 0 unspecified atom stereocenters. The van der Waals surface area contributed by atoms with Gasteiger partial charge in [0, 0.05) is 11.8 Å². The van der Waals surface area contributed by atoms with Gasteiger partial charge in [-0.1, -0.05) is 23.2 Å². The summed E-state index contributed by atoms with van der Waals surface area (Å²) in [6.07, 6.45) is 0. The largest absolute Gasteiger partial charge is 0.477 e. The molecular weight excluding hydrogens is 291 g/mol. The lowest BCUT2D eigenvalue weighted by molar-refractivity contribution is 0.0689. The molecule has 1 aromatic carbocycles. The van der Waals surface area contributed by atoms with Crippen LogP contribution < -0.4 is 4.74 Å².